The van der Waals surface area contributed by atoms with Crippen LogP contribution < -0.4 is 5.32 Å². The fourth-order valence-electron chi connectivity index (χ4n) is 1.50. The number of hydrogen-bond donors (Lipinski definition) is 2. The second-order valence-electron chi connectivity index (χ2n) is 3.85. The Labute approximate surface area is 114 Å². The van der Waals surface area contributed by atoms with Crippen molar-refractivity contribution in [3.8, 4) is 0 Å². The lowest BCUT2D eigenvalue weighted by atomic mass is 10.1. The number of carbonyl (C=O) groups is 1. The molecular weight excluding hydrogens is 301 g/mol. The first kappa shape index (κ1) is 14.7. The highest BCUT2D eigenvalue weighted by molar-refractivity contribution is 9.10. The van der Waals surface area contributed by atoms with E-state index in [1.807, 2.05) is 0 Å². The molecule has 0 aliphatic heterocycles. The molecule has 0 spiro atoms. The molecule has 0 radical (unpaired) electrons. The molecule has 2 N–H and O–H groups in total. The van der Waals surface area contributed by atoms with Gasteiger partial charge in [0.1, 0.15) is 5.82 Å². The molecule has 0 amide bonds. The number of benzene rings is 1. The van der Waals surface area contributed by atoms with Crippen LogP contribution in [0.2, 0.25) is 0 Å². The summed E-state index contributed by atoms with van der Waals surface area (Å²) in [5.74, 6) is -1.22. The van der Waals surface area contributed by atoms with Crippen molar-refractivity contribution in [2.24, 2.45) is 0 Å². The molecule has 0 bridgehead atoms. The van der Waals surface area contributed by atoms with Crippen LogP contribution in [-0.4, -0.2) is 17.6 Å². The largest absolute Gasteiger partial charge is 0.478 e. The lowest BCUT2D eigenvalue weighted by Gasteiger charge is -2.09. The lowest BCUT2D eigenvalue weighted by Crippen LogP contribution is -2.05. The minimum absolute atomic E-state index is 0.312. The van der Waals surface area contributed by atoms with Gasteiger partial charge in [-0.15, -0.1) is 0 Å². The van der Waals surface area contributed by atoms with Gasteiger partial charge in [-0.2, -0.15) is 0 Å². The summed E-state index contributed by atoms with van der Waals surface area (Å²) in [6, 6.07) is 3.07. The molecule has 0 aromatic heterocycles. The number of aryl methyl sites for hydroxylation is 1. The van der Waals surface area contributed by atoms with Crippen molar-refractivity contribution in [1.82, 2.24) is 0 Å². The SMILES string of the molecule is CC/C(=C/CNc1cc(Br)c(F)cc1C)C(=O)O. The first-order chi connectivity index (χ1) is 8.45. The third-order valence-electron chi connectivity index (χ3n) is 2.56. The smallest absolute Gasteiger partial charge is 0.331 e. The van der Waals surface area contributed by atoms with Crippen molar-refractivity contribution >= 4 is 27.6 Å². The van der Waals surface area contributed by atoms with E-state index in [0.717, 1.165) is 11.3 Å². The third kappa shape index (κ3) is 3.84. The number of aliphatic carboxylic acids is 1. The van der Waals surface area contributed by atoms with Gasteiger partial charge in [-0.05, 0) is 47.0 Å². The second-order valence-corrected chi connectivity index (χ2v) is 4.70. The molecule has 0 heterocycles. The Morgan fingerprint density at radius 2 is 2.22 bits per heavy atom. The number of nitrogens with one attached hydrogen (secondary N) is 1. The predicted molar refractivity (Wildman–Crippen MR) is 73.3 cm³/mol. The van der Waals surface area contributed by atoms with Gasteiger partial charge in [-0.3, -0.25) is 0 Å². The Morgan fingerprint density at radius 1 is 1.56 bits per heavy atom. The maximum Gasteiger partial charge on any atom is 0.331 e. The van der Waals surface area contributed by atoms with E-state index < -0.39 is 5.97 Å². The van der Waals surface area contributed by atoms with Crippen molar-refractivity contribution in [2.45, 2.75) is 20.3 Å². The van der Waals surface area contributed by atoms with Gasteiger partial charge in [0.15, 0.2) is 0 Å². The summed E-state index contributed by atoms with van der Waals surface area (Å²) in [6.45, 7) is 3.98. The molecule has 1 aromatic carbocycles. The maximum absolute atomic E-state index is 13.2. The van der Waals surface area contributed by atoms with Crippen LogP contribution in [0.5, 0.6) is 0 Å². The Bertz CT molecular complexity index is 486. The average Bonchev–Trinajstić information content (AvgIpc) is 2.30. The number of carboxylic acid groups (broad SMARTS) is 1. The first-order valence-electron chi connectivity index (χ1n) is 5.57. The van der Waals surface area contributed by atoms with Gasteiger partial charge in [-0.25, -0.2) is 9.18 Å². The van der Waals surface area contributed by atoms with Crippen LogP contribution in [0.1, 0.15) is 18.9 Å². The second kappa shape index (κ2) is 6.54. The van der Waals surface area contributed by atoms with Crippen molar-refractivity contribution in [3.63, 3.8) is 0 Å². The number of rotatable bonds is 5. The third-order valence-corrected chi connectivity index (χ3v) is 3.17. The van der Waals surface area contributed by atoms with Crippen LogP contribution in [-0.2, 0) is 4.79 Å². The number of hydrogen-bond acceptors (Lipinski definition) is 2. The summed E-state index contributed by atoms with van der Waals surface area (Å²) < 4.78 is 13.6. The fourth-order valence-corrected chi connectivity index (χ4v) is 1.85. The summed E-state index contributed by atoms with van der Waals surface area (Å²) in [4.78, 5) is 10.8. The van der Waals surface area contributed by atoms with E-state index in [2.05, 4.69) is 21.2 Å². The van der Waals surface area contributed by atoms with Crippen molar-refractivity contribution < 1.29 is 14.3 Å². The van der Waals surface area contributed by atoms with Crippen molar-refractivity contribution in [2.75, 3.05) is 11.9 Å². The minimum atomic E-state index is -0.906. The predicted octanol–water partition coefficient (Wildman–Crippen LogP) is 3.73. The average molecular weight is 316 g/mol. The molecule has 3 nitrogen and oxygen atoms in total. The molecular formula is C13H15BrFNO2. The normalized spacial score (nSPS) is 11.4. The summed E-state index contributed by atoms with van der Waals surface area (Å²) >= 11 is 3.11. The van der Waals surface area contributed by atoms with Crippen LogP contribution in [0.3, 0.4) is 0 Å². The van der Waals surface area contributed by atoms with E-state index in [4.69, 9.17) is 5.11 Å². The van der Waals surface area contributed by atoms with Crippen LogP contribution in [0.4, 0.5) is 10.1 Å². The zero-order valence-electron chi connectivity index (χ0n) is 10.3. The summed E-state index contributed by atoms with van der Waals surface area (Å²) in [7, 11) is 0. The molecule has 5 heteroatoms. The lowest BCUT2D eigenvalue weighted by molar-refractivity contribution is -0.132. The zero-order valence-corrected chi connectivity index (χ0v) is 11.8. The van der Waals surface area contributed by atoms with Gasteiger partial charge in [0.2, 0.25) is 0 Å². The highest BCUT2D eigenvalue weighted by atomic mass is 79.9. The molecule has 0 aliphatic carbocycles. The minimum Gasteiger partial charge on any atom is -0.478 e. The van der Waals surface area contributed by atoms with Gasteiger partial charge in [0.25, 0.3) is 0 Å². The molecule has 1 rings (SSSR count). The quantitative estimate of drug-likeness (QED) is 0.814. The Kier molecular flexibility index (Phi) is 5.34. The number of carboxylic acids is 1. The Morgan fingerprint density at radius 3 is 2.78 bits per heavy atom. The molecule has 0 saturated carbocycles. The van der Waals surface area contributed by atoms with Gasteiger partial charge >= 0.3 is 5.97 Å². The standard InChI is InChI=1S/C13H15BrFNO2/c1-3-9(13(17)18)4-5-16-12-7-10(14)11(15)6-8(12)2/h4,6-7,16H,3,5H2,1-2H3,(H,17,18)/b9-4-. The highest BCUT2D eigenvalue weighted by Gasteiger charge is 2.05. The van der Waals surface area contributed by atoms with Gasteiger partial charge in [0.05, 0.1) is 4.47 Å². The molecule has 0 saturated heterocycles. The van der Waals surface area contributed by atoms with E-state index >= 15 is 0 Å². The molecule has 1 aromatic rings. The molecule has 0 aliphatic rings. The van der Waals surface area contributed by atoms with E-state index in [-0.39, 0.29) is 5.82 Å². The Balaban J connectivity index is 2.75. The Hall–Kier alpha value is -1.36. The molecule has 0 atom stereocenters. The van der Waals surface area contributed by atoms with Crippen LogP contribution in [0.15, 0.2) is 28.3 Å². The van der Waals surface area contributed by atoms with Crippen LogP contribution in [0.25, 0.3) is 0 Å². The topological polar surface area (TPSA) is 49.3 Å². The van der Waals surface area contributed by atoms with E-state index in [9.17, 15) is 9.18 Å². The fraction of sp³-hybridized carbons (Fsp3) is 0.308. The summed E-state index contributed by atoms with van der Waals surface area (Å²) in [6.07, 6.45) is 2.10. The summed E-state index contributed by atoms with van der Waals surface area (Å²) in [5, 5.41) is 11.9. The first-order valence-corrected chi connectivity index (χ1v) is 6.36. The van der Waals surface area contributed by atoms with Crippen LogP contribution in [0, 0.1) is 12.7 Å². The number of halogens is 2. The number of anilines is 1. The molecule has 98 valence electrons. The maximum atomic E-state index is 13.2. The van der Waals surface area contributed by atoms with Gasteiger partial charge in [0, 0.05) is 17.8 Å². The zero-order chi connectivity index (χ0) is 13.7. The van der Waals surface area contributed by atoms with Gasteiger partial charge < -0.3 is 10.4 Å². The van der Waals surface area contributed by atoms with E-state index in [1.54, 1.807) is 26.0 Å². The molecule has 18 heavy (non-hydrogen) atoms. The van der Waals surface area contributed by atoms with Crippen molar-refractivity contribution in [3.05, 3.63) is 39.6 Å². The summed E-state index contributed by atoms with van der Waals surface area (Å²) in [5.41, 5.74) is 1.92. The van der Waals surface area contributed by atoms with Crippen molar-refractivity contribution in [1.29, 1.82) is 0 Å². The monoisotopic (exact) mass is 315 g/mol. The van der Waals surface area contributed by atoms with E-state index in [1.165, 1.54) is 6.07 Å². The van der Waals surface area contributed by atoms with Gasteiger partial charge in [-0.1, -0.05) is 13.0 Å². The molecule has 0 unspecified atom stereocenters. The molecule has 0 fully saturated rings. The van der Waals surface area contributed by atoms with E-state index in [0.29, 0.717) is 23.0 Å². The van der Waals surface area contributed by atoms with Crippen LogP contribution >= 0.6 is 15.9 Å². The highest BCUT2D eigenvalue weighted by Crippen LogP contribution is 2.24.